The average molecular weight is 460 g/mol. The first kappa shape index (κ1) is 23.8. The van der Waals surface area contributed by atoms with Crippen molar-refractivity contribution >= 4 is 27.3 Å². The topological polar surface area (TPSA) is 95.5 Å². The summed E-state index contributed by atoms with van der Waals surface area (Å²) in [5.74, 6) is -0.407. The Morgan fingerprint density at radius 3 is 2.53 bits per heavy atom. The first-order valence-electron chi connectivity index (χ1n) is 10.2. The Bertz CT molecular complexity index is 1160. The molecule has 1 atom stereocenters. The number of nitrogens with one attached hydrogen (secondary N) is 1. The molecule has 0 fully saturated rings. The van der Waals surface area contributed by atoms with Crippen LogP contribution in [0.1, 0.15) is 24.1 Å². The molecule has 7 nitrogen and oxygen atoms in total. The highest BCUT2D eigenvalue weighted by Gasteiger charge is 2.28. The fraction of sp³-hybridized carbons (Fsp3) is 0.304. The number of halogens is 1. The smallest absolute Gasteiger partial charge is 0.377 e. The van der Waals surface area contributed by atoms with E-state index in [-0.39, 0.29) is 22.7 Å². The number of hydrogen-bond donors (Lipinski definition) is 2. The van der Waals surface area contributed by atoms with Crippen molar-refractivity contribution in [3.63, 3.8) is 0 Å². The Labute approximate surface area is 188 Å². The molecule has 0 unspecified atom stereocenters. The van der Waals surface area contributed by atoms with Crippen molar-refractivity contribution < 1.29 is 22.2 Å². The number of amides is 1. The molecule has 0 aliphatic carbocycles. The molecule has 1 heterocycles. The summed E-state index contributed by atoms with van der Waals surface area (Å²) in [5, 5.41) is 8.55. The molecule has 2 aromatic rings. The summed E-state index contributed by atoms with van der Waals surface area (Å²) < 4.78 is 39.1. The van der Waals surface area contributed by atoms with E-state index >= 15 is 0 Å². The SMILES string of the molecule is C=CC(=O)[N+]1=C(C)CN(C[C@@H](Nc2ccc(S(N)(=O)=O)cc2)c2ccc(C)c(F)c2)CC1. The van der Waals surface area contributed by atoms with Crippen LogP contribution in [0, 0.1) is 12.7 Å². The molecule has 0 saturated heterocycles. The molecule has 3 N–H and O–H groups in total. The minimum absolute atomic E-state index is 0.0224. The summed E-state index contributed by atoms with van der Waals surface area (Å²) in [4.78, 5) is 14.2. The third kappa shape index (κ3) is 5.67. The van der Waals surface area contributed by atoms with Crippen LogP contribution in [0.15, 0.2) is 60.0 Å². The van der Waals surface area contributed by atoms with Gasteiger partial charge in [-0.05, 0) is 48.4 Å². The average Bonchev–Trinajstić information content (AvgIpc) is 2.74. The number of hydrogen-bond acceptors (Lipinski definition) is 5. The van der Waals surface area contributed by atoms with Crippen LogP contribution < -0.4 is 10.5 Å². The molecule has 0 saturated carbocycles. The standard InChI is InChI=1S/C23H28FN4O3S/c1-4-23(29)28-12-11-27(14-17(28)3)15-22(18-6-5-16(2)21(24)13-18)26-19-7-9-20(10-8-19)32(25,30)31/h4-10,13,22,26H,1,11-12,14-15H2,2-3H3,(H2,25,30,31)/q+1/t22-/m1/s1. The second kappa shape index (κ2) is 9.72. The third-order valence-electron chi connectivity index (χ3n) is 5.56. The fourth-order valence-electron chi connectivity index (χ4n) is 3.75. The summed E-state index contributed by atoms with van der Waals surface area (Å²) in [5.41, 5.74) is 2.94. The Balaban J connectivity index is 1.85. The van der Waals surface area contributed by atoms with E-state index in [1.54, 1.807) is 29.7 Å². The van der Waals surface area contributed by atoms with Crippen molar-refractivity contribution in [1.29, 1.82) is 0 Å². The normalized spacial score (nSPS) is 16.0. The number of carbonyl (C=O) groups excluding carboxylic acids is 1. The van der Waals surface area contributed by atoms with Crippen molar-refractivity contribution in [3.05, 3.63) is 72.1 Å². The molecule has 1 aliphatic heterocycles. The molecular formula is C23H28FN4O3S+. The lowest BCUT2D eigenvalue weighted by Gasteiger charge is -2.30. The van der Waals surface area contributed by atoms with Crippen LogP contribution in [0.3, 0.4) is 0 Å². The minimum atomic E-state index is -3.78. The van der Waals surface area contributed by atoms with Crippen LogP contribution in [-0.4, -0.2) is 55.7 Å². The molecule has 32 heavy (non-hydrogen) atoms. The van der Waals surface area contributed by atoms with E-state index in [1.807, 2.05) is 13.0 Å². The van der Waals surface area contributed by atoms with Gasteiger partial charge in [0.25, 0.3) is 0 Å². The van der Waals surface area contributed by atoms with Gasteiger partial charge in [-0.2, -0.15) is 4.58 Å². The number of rotatable bonds is 7. The van der Waals surface area contributed by atoms with Crippen molar-refractivity contribution in [2.24, 2.45) is 5.14 Å². The van der Waals surface area contributed by atoms with Crippen LogP contribution in [0.4, 0.5) is 10.1 Å². The van der Waals surface area contributed by atoms with Crippen molar-refractivity contribution in [1.82, 2.24) is 4.90 Å². The summed E-state index contributed by atoms with van der Waals surface area (Å²) in [7, 11) is -3.78. The van der Waals surface area contributed by atoms with Crippen molar-refractivity contribution in [3.8, 4) is 0 Å². The van der Waals surface area contributed by atoms with Crippen LogP contribution in [0.25, 0.3) is 0 Å². The maximum Gasteiger partial charge on any atom is 0.411 e. The van der Waals surface area contributed by atoms with Gasteiger partial charge in [-0.25, -0.2) is 22.7 Å². The van der Waals surface area contributed by atoms with Gasteiger partial charge in [0.15, 0.2) is 12.3 Å². The molecule has 1 aliphatic rings. The van der Waals surface area contributed by atoms with E-state index in [0.717, 1.165) is 11.3 Å². The number of aryl methyl sites for hydroxylation is 1. The molecule has 2 aromatic carbocycles. The Kier molecular flexibility index (Phi) is 7.22. The summed E-state index contributed by atoms with van der Waals surface area (Å²) >= 11 is 0. The number of anilines is 1. The number of nitrogens with two attached hydrogens (primary N) is 1. The van der Waals surface area contributed by atoms with E-state index in [4.69, 9.17) is 5.14 Å². The fourth-order valence-corrected chi connectivity index (χ4v) is 4.26. The largest absolute Gasteiger partial charge is 0.411 e. The highest BCUT2D eigenvalue weighted by atomic mass is 32.2. The van der Waals surface area contributed by atoms with Crippen LogP contribution in [0.5, 0.6) is 0 Å². The second-order valence-corrected chi connectivity index (χ2v) is 9.50. The Hall–Kier alpha value is -2.88. The van der Waals surface area contributed by atoms with E-state index in [0.29, 0.717) is 37.4 Å². The monoisotopic (exact) mass is 459 g/mol. The third-order valence-corrected chi connectivity index (χ3v) is 6.49. The molecule has 0 aromatic heterocycles. The van der Waals surface area contributed by atoms with Gasteiger partial charge in [-0.3, -0.25) is 4.90 Å². The molecule has 170 valence electrons. The maximum atomic E-state index is 14.3. The molecule has 0 radical (unpaired) electrons. The first-order valence-corrected chi connectivity index (χ1v) is 11.8. The van der Waals surface area contributed by atoms with Crippen molar-refractivity contribution in [2.75, 3.05) is 31.5 Å². The zero-order valence-corrected chi connectivity index (χ0v) is 19.0. The zero-order chi connectivity index (χ0) is 23.5. The molecular weight excluding hydrogens is 431 g/mol. The van der Waals surface area contributed by atoms with Gasteiger partial charge in [0.2, 0.25) is 10.0 Å². The lowest BCUT2D eigenvalue weighted by Crippen LogP contribution is -2.47. The predicted molar refractivity (Wildman–Crippen MR) is 123 cm³/mol. The predicted octanol–water partition coefficient (Wildman–Crippen LogP) is 2.44. The van der Waals surface area contributed by atoms with E-state index in [9.17, 15) is 17.6 Å². The summed E-state index contributed by atoms with van der Waals surface area (Å²) in [6.07, 6.45) is 1.31. The van der Waals surface area contributed by atoms with Gasteiger partial charge in [-0.15, -0.1) is 0 Å². The molecule has 3 rings (SSSR count). The van der Waals surface area contributed by atoms with Crippen LogP contribution >= 0.6 is 0 Å². The molecule has 1 amide bonds. The van der Waals surface area contributed by atoms with E-state index in [2.05, 4.69) is 16.8 Å². The van der Waals surface area contributed by atoms with Gasteiger partial charge in [-0.1, -0.05) is 18.7 Å². The highest BCUT2D eigenvalue weighted by molar-refractivity contribution is 7.89. The highest BCUT2D eigenvalue weighted by Crippen LogP contribution is 2.24. The Morgan fingerprint density at radius 1 is 1.28 bits per heavy atom. The van der Waals surface area contributed by atoms with E-state index in [1.165, 1.54) is 24.3 Å². The minimum Gasteiger partial charge on any atom is -0.377 e. The first-order chi connectivity index (χ1) is 15.1. The maximum absolute atomic E-state index is 14.3. The van der Waals surface area contributed by atoms with Gasteiger partial charge in [0.1, 0.15) is 5.82 Å². The lowest BCUT2D eigenvalue weighted by molar-refractivity contribution is -0.451. The Morgan fingerprint density at radius 2 is 1.97 bits per heavy atom. The quantitative estimate of drug-likeness (QED) is 0.490. The van der Waals surface area contributed by atoms with Gasteiger partial charge in [0.05, 0.1) is 24.0 Å². The van der Waals surface area contributed by atoms with Crippen LogP contribution in [-0.2, 0) is 14.8 Å². The summed E-state index contributed by atoms with van der Waals surface area (Å²) in [6, 6.07) is 11.0. The molecule has 9 heteroatoms. The number of benzene rings is 2. The molecule has 0 bridgehead atoms. The van der Waals surface area contributed by atoms with E-state index < -0.39 is 10.0 Å². The zero-order valence-electron chi connectivity index (χ0n) is 18.2. The van der Waals surface area contributed by atoms with Crippen LogP contribution in [0.2, 0.25) is 0 Å². The van der Waals surface area contributed by atoms with Crippen molar-refractivity contribution in [2.45, 2.75) is 24.8 Å². The van der Waals surface area contributed by atoms with Gasteiger partial charge >= 0.3 is 5.91 Å². The second-order valence-electron chi connectivity index (χ2n) is 7.94. The molecule has 0 spiro atoms. The number of sulfonamides is 1. The number of primary sulfonamides is 1. The summed E-state index contributed by atoms with van der Waals surface area (Å²) in [6.45, 7) is 9.54. The number of carbonyl (C=O) groups is 1. The van der Waals surface area contributed by atoms with Gasteiger partial charge < -0.3 is 5.32 Å². The van der Waals surface area contributed by atoms with Gasteiger partial charge in [0, 0.05) is 25.2 Å². The lowest BCUT2D eigenvalue weighted by atomic mass is 10.0. The number of nitrogens with zero attached hydrogens (tertiary/aromatic N) is 2.